The van der Waals surface area contributed by atoms with Crippen molar-refractivity contribution in [1.82, 2.24) is 16.0 Å². The molecule has 0 aliphatic rings. The smallest absolute Gasteiger partial charge is 0.328 e. The van der Waals surface area contributed by atoms with E-state index in [1.807, 2.05) is 20.8 Å². The maximum absolute atomic E-state index is 13.2. The molecule has 202 valence electrons. The van der Waals surface area contributed by atoms with Gasteiger partial charge in [0.1, 0.15) is 17.8 Å². The van der Waals surface area contributed by atoms with Crippen LogP contribution in [-0.2, 0) is 25.6 Å². The topological polar surface area (TPSA) is 191 Å². The van der Waals surface area contributed by atoms with E-state index in [-0.39, 0.29) is 30.4 Å². The molecular formula is C25H40N4O7. The van der Waals surface area contributed by atoms with Gasteiger partial charge in [-0.3, -0.25) is 14.4 Å². The number of aliphatic hydroxyl groups is 1. The average molecular weight is 509 g/mol. The van der Waals surface area contributed by atoms with Gasteiger partial charge in [-0.25, -0.2) is 4.79 Å². The molecule has 11 nitrogen and oxygen atoms in total. The number of phenolic OH excluding ortho intramolecular Hbond substituents is 1. The lowest BCUT2D eigenvalue weighted by Crippen LogP contribution is -2.59. The van der Waals surface area contributed by atoms with Crippen molar-refractivity contribution in [1.29, 1.82) is 0 Å². The van der Waals surface area contributed by atoms with Crippen LogP contribution < -0.4 is 21.7 Å². The first-order valence-corrected chi connectivity index (χ1v) is 12.1. The van der Waals surface area contributed by atoms with Crippen LogP contribution in [0, 0.1) is 11.8 Å². The number of nitrogens with one attached hydrogen (secondary N) is 3. The second-order valence-electron chi connectivity index (χ2n) is 9.60. The first kappa shape index (κ1) is 30.9. The van der Waals surface area contributed by atoms with Crippen molar-refractivity contribution in [3.8, 4) is 5.75 Å². The van der Waals surface area contributed by atoms with Gasteiger partial charge in [-0.15, -0.1) is 0 Å². The van der Waals surface area contributed by atoms with Gasteiger partial charge in [0, 0.05) is 0 Å². The summed E-state index contributed by atoms with van der Waals surface area (Å²) in [7, 11) is 0. The molecule has 1 rings (SSSR count). The van der Waals surface area contributed by atoms with Gasteiger partial charge in [-0.05, 0) is 49.3 Å². The lowest BCUT2D eigenvalue weighted by molar-refractivity contribution is -0.145. The summed E-state index contributed by atoms with van der Waals surface area (Å²) in [6.07, 6.45) is -0.389. The fraction of sp³-hybridized carbons (Fsp3) is 0.600. The van der Waals surface area contributed by atoms with Crippen LogP contribution in [-0.4, -0.2) is 69.3 Å². The summed E-state index contributed by atoms with van der Waals surface area (Å²) in [5.74, 6) is -3.52. The van der Waals surface area contributed by atoms with Crippen molar-refractivity contribution in [2.24, 2.45) is 17.6 Å². The summed E-state index contributed by atoms with van der Waals surface area (Å²) in [5.41, 5.74) is 6.79. The number of carbonyl (C=O) groups excluding carboxylic acids is 3. The Morgan fingerprint density at radius 3 is 1.92 bits per heavy atom. The van der Waals surface area contributed by atoms with Gasteiger partial charge in [-0.1, -0.05) is 46.2 Å². The molecular weight excluding hydrogens is 468 g/mol. The number of rotatable bonds is 14. The largest absolute Gasteiger partial charge is 0.508 e. The fourth-order valence-corrected chi connectivity index (χ4v) is 3.55. The number of amides is 3. The highest BCUT2D eigenvalue weighted by molar-refractivity contribution is 5.94. The normalized spacial score (nSPS) is 16.2. The highest BCUT2D eigenvalue weighted by Crippen LogP contribution is 2.13. The highest BCUT2D eigenvalue weighted by Gasteiger charge is 2.33. The lowest BCUT2D eigenvalue weighted by Gasteiger charge is -2.29. The summed E-state index contributed by atoms with van der Waals surface area (Å²) in [6, 6.07) is 1.72. The van der Waals surface area contributed by atoms with Crippen LogP contribution in [0.3, 0.4) is 0 Å². The molecule has 0 heterocycles. The number of carbonyl (C=O) groups is 4. The van der Waals surface area contributed by atoms with Crippen molar-refractivity contribution in [3.05, 3.63) is 29.8 Å². The van der Waals surface area contributed by atoms with E-state index in [0.29, 0.717) is 6.42 Å². The second kappa shape index (κ2) is 14.4. The van der Waals surface area contributed by atoms with Crippen LogP contribution in [0.5, 0.6) is 5.75 Å². The van der Waals surface area contributed by atoms with E-state index < -0.39 is 54.0 Å². The Morgan fingerprint density at radius 2 is 1.44 bits per heavy atom. The minimum atomic E-state index is -1.54. The molecule has 1 aromatic carbocycles. The number of phenols is 1. The third kappa shape index (κ3) is 9.82. The Hall–Kier alpha value is -3.18. The summed E-state index contributed by atoms with van der Waals surface area (Å²) in [5, 5.41) is 36.0. The zero-order chi connectivity index (χ0) is 27.6. The number of carboxylic acid groups (broad SMARTS) is 1. The number of aliphatic hydroxyl groups excluding tert-OH is 1. The Kier molecular flexibility index (Phi) is 12.3. The highest BCUT2D eigenvalue weighted by atomic mass is 16.4. The second-order valence-corrected chi connectivity index (χ2v) is 9.60. The molecule has 0 aliphatic heterocycles. The van der Waals surface area contributed by atoms with E-state index in [9.17, 15) is 34.5 Å². The Morgan fingerprint density at radius 1 is 0.889 bits per heavy atom. The van der Waals surface area contributed by atoms with Gasteiger partial charge in [-0.2, -0.15) is 0 Å². The number of aromatic hydroxyl groups is 1. The van der Waals surface area contributed by atoms with Crippen LogP contribution >= 0.6 is 0 Å². The minimum Gasteiger partial charge on any atom is -0.508 e. The molecule has 0 aliphatic carbocycles. The van der Waals surface area contributed by atoms with Crippen molar-refractivity contribution < 1.29 is 34.5 Å². The zero-order valence-electron chi connectivity index (χ0n) is 21.5. The SMILES string of the molecule is CCC(C)C(NC(=O)C(N)Cc1ccc(O)cc1)C(=O)NC(CC(C)C)C(=O)NC(C(=O)O)C(C)O. The zero-order valence-corrected chi connectivity index (χ0v) is 21.5. The van der Waals surface area contributed by atoms with Crippen molar-refractivity contribution >= 4 is 23.7 Å². The number of carboxylic acids is 1. The molecule has 0 aromatic heterocycles. The van der Waals surface area contributed by atoms with Crippen molar-refractivity contribution in [2.45, 2.75) is 84.2 Å². The maximum Gasteiger partial charge on any atom is 0.328 e. The number of benzene rings is 1. The molecule has 36 heavy (non-hydrogen) atoms. The molecule has 3 amide bonds. The van der Waals surface area contributed by atoms with Gasteiger partial charge < -0.3 is 37.0 Å². The van der Waals surface area contributed by atoms with E-state index in [1.54, 1.807) is 19.1 Å². The van der Waals surface area contributed by atoms with Crippen molar-refractivity contribution in [3.63, 3.8) is 0 Å². The fourth-order valence-electron chi connectivity index (χ4n) is 3.55. The lowest BCUT2D eigenvalue weighted by atomic mass is 9.96. The molecule has 6 unspecified atom stereocenters. The molecule has 0 fully saturated rings. The quantitative estimate of drug-likeness (QED) is 0.186. The number of hydrogen-bond acceptors (Lipinski definition) is 7. The van der Waals surface area contributed by atoms with Crippen molar-refractivity contribution in [2.75, 3.05) is 0 Å². The van der Waals surface area contributed by atoms with Gasteiger partial charge in [0.25, 0.3) is 0 Å². The number of nitrogens with two attached hydrogens (primary N) is 1. The molecule has 0 bridgehead atoms. The van der Waals surface area contributed by atoms with E-state index in [1.165, 1.54) is 19.1 Å². The molecule has 0 spiro atoms. The third-order valence-electron chi connectivity index (χ3n) is 5.91. The number of hydrogen-bond donors (Lipinski definition) is 7. The van der Waals surface area contributed by atoms with Crippen LogP contribution in [0.25, 0.3) is 0 Å². The van der Waals surface area contributed by atoms with Gasteiger partial charge >= 0.3 is 5.97 Å². The van der Waals surface area contributed by atoms with Crippen LogP contribution in [0.2, 0.25) is 0 Å². The summed E-state index contributed by atoms with van der Waals surface area (Å²) in [6.45, 7) is 8.55. The first-order chi connectivity index (χ1) is 16.8. The Labute approximate surface area is 211 Å². The number of aliphatic carboxylic acids is 1. The molecule has 0 saturated heterocycles. The molecule has 0 radical (unpaired) electrons. The summed E-state index contributed by atoms with van der Waals surface area (Å²) < 4.78 is 0. The van der Waals surface area contributed by atoms with Gasteiger partial charge in [0.2, 0.25) is 17.7 Å². The van der Waals surface area contributed by atoms with Crippen LogP contribution in [0.1, 0.15) is 53.0 Å². The summed E-state index contributed by atoms with van der Waals surface area (Å²) >= 11 is 0. The monoisotopic (exact) mass is 508 g/mol. The molecule has 6 atom stereocenters. The summed E-state index contributed by atoms with van der Waals surface area (Å²) in [4.78, 5) is 50.2. The third-order valence-corrected chi connectivity index (χ3v) is 5.91. The van der Waals surface area contributed by atoms with Crippen LogP contribution in [0.15, 0.2) is 24.3 Å². The van der Waals surface area contributed by atoms with Gasteiger partial charge in [0.15, 0.2) is 6.04 Å². The van der Waals surface area contributed by atoms with Gasteiger partial charge in [0.05, 0.1) is 12.1 Å². The van der Waals surface area contributed by atoms with E-state index in [2.05, 4.69) is 16.0 Å². The van der Waals surface area contributed by atoms with E-state index in [0.717, 1.165) is 5.56 Å². The first-order valence-electron chi connectivity index (χ1n) is 12.1. The molecule has 1 aromatic rings. The molecule has 11 heteroatoms. The minimum absolute atomic E-state index is 0.0220. The van der Waals surface area contributed by atoms with E-state index in [4.69, 9.17) is 5.73 Å². The average Bonchev–Trinajstić information content (AvgIpc) is 2.80. The Balaban J connectivity index is 2.99. The predicted molar refractivity (Wildman–Crippen MR) is 134 cm³/mol. The standard InChI is InChI=1S/C25H40N4O7/c1-6-14(4)20(28-22(32)18(26)12-16-7-9-17(31)10-8-16)24(34)27-19(11-13(2)3)23(33)29-21(15(5)30)25(35)36/h7-10,13-15,18-21,30-31H,6,11-12,26H2,1-5H3,(H,27,34)(H,28,32)(H,29,33)(H,35,36). The molecule has 8 N–H and O–H groups in total. The predicted octanol–water partition coefficient (Wildman–Crippen LogP) is 0.274. The Bertz CT molecular complexity index is 889. The van der Waals surface area contributed by atoms with Crippen LogP contribution in [0.4, 0.5) is 0 Å². The van der Waals surface area contributed by atoms with E-state index >= 15 is 0 Å². The maximum atomic E-state index is 13.2. The molecule has 0 saturated carbocycles.